The fourth-order valence-electron chi connectivity index (χ4n) is 3.00. The van der Waals surface area contributed by atoms with Gasteiger partial charge < -0.3 is 19.4 Å². The van der Waals surface area contributed by atoms with Crippen molar-refractivity contribution in [3.05, 3.63) is 74.1 Å². The van der Waals surface area contributed by atoms with E-state index in [1.165, 1.54) is 11.3 Å². The van der Waals surface area contributed by atoms with E-state index in [9.17, 15) is 9.59 Å². The third-order valence-corrected chi connectivity index (χ3v) is 5.73. The van der Waals surface area contributed by atoms with Crippen LogP contribution in [0.4, 0.5) is 5.69 Å². The van der Waals surface area contributed by atoms with Gasteiger partial charge in [-0.1, -0.05) is 11.6 Å². The molecular weight excluding hydrogens is 452 g/mol. The molecule has 8 nitrogen and oxygen atoms in total. The number of amides is 1. The summed E-state index contributed by atoms with van der Waals surface area (Å²) in [6, 6.07) is 12.1. The van der Waals surface area contributed by atoms with Gasteiger partial charge in [0.05, 0.1) is 5.52 Å². The maximum Gasteiger partial charge on any atom is 0.419 e. The van der Waals surface area contributed by atoms with Gasteiger partial charge in [0.2, 0.25) is 0 Å². The van der Waals surface area contributed by atoms with Crippen LogP contribution in [0.1, 0.15) is 15.5 Å². The lowest BCUT2D eigenvalue weighted by atomic mass is 10.2. The van der Waals surface area contributed by atoms with Crippen LogP contribution in [-0.4, -0.2) is 41.0 Å². The van der Waals surface area contributed by atoms with Crippen LogP contribution in [0.2, 0.25) is 5.02 Å². The number of fused-ring (bicyclic) bond motifs is 1. The Morgan fingerprint density at radius 3 is 2.78 bits per heavy atom. The average molecular weight is 473 g/mol. The Hall–Kier alpha value is -3.14. The number of thiazole rings is 1. The lowest BCUT2D eigenvalue weighted by Gasteiger charge is -2.09. The molecule has 0 aliphatic rings. The monoisotopic (exact) mass is 472 g/mol. The Morgan fingerprint density at radius 1 is 1.25 bits per heavy atom. The van der Waals surface area contributed by atoms with E-state index in [2.05, 4.69) is 10.3 Å². The first kappa shape index (κ1) is 22.1. The number of hydrogen-bond donors (Lipinski definition) is 1. The van der Waals surface area contributed by atoms with E-state index in [1.807, 2.05) is 19.0 Å². The first-order valence-corrected chi connectivity index (χ1v) is 11.1. The molecule has 0 saturated carbocycles. The molecule has 1 N–H and O–H groups in total. The molecule has 2 aromatic heterocycles. The summed E-state index contributed by atoms with van der Waals surface area (Å²) in [4.78, 5) is 31.1. The lowest BCUT2D eigenvalue weighted by molar-refractivity contribution is 0.102. The van der Waals surface area contributed by atoms with Crippen molar-refractivity contribution in [2.45, 2.75) is 13.2 Å². The normalized spacial score (nSPS) is 11.2. The van der Waals surface area contributed by atoms with Crippen LogP contribution in [0.15, 0.2) is 57.1 Å². The van der Waals surface area contributed by atoms with Gasteiger partial charge in [0.1, 0.15) is 23.1 Å². The molecule has 32 heavy (non-hydrogen) atoms. The molecule has 0 unspecified atom stereocenters. The number of carbonyl (C=O) groups excluding carboxylic acids is 1. The van der Waals surface area contributed by atoms with Gasteiger partial charge in [0.25, 0.3) is 5.91 Å². The summed E-state index contributed by atoms with van der Waals surface area (Å²) < 4.78 is 12.5. The fourth-order valence-corrected chi connectivity index (χ4v) is 3.82. The summed E-state index contributed by atoms with van der Waals surface area (Å²) in [5.41, 5.74) is 1.95. The van der Waals surface area contributed by atoms with Crippen LogP contribution in [0, 0.1) is 0 Å². The largest absolute Gasteiger partial charge is 0.486 e. The second kappa shape index (κ2) is 9.56. The Kier molecular flexibility index (Phi) is 6.59. The van der Waals surface area contributed by atoms with Crippen molar-refractivity contribution in [3.63, 3.8) is 0 Å². The average Bonchev–Trinajstić information content (AvgIpc) is 3.35. The molecule has 0 saturated heterocycles. The van der Waals surface area contributed by atoms with Crippen LogP contribution in [0.5, 0.6) is 5.75 Å². The van der Waals surface area contributed by atoms with Crippen molar-refractivity contribution in [2.24, 2.45) is 0 Å². The number of halogens is 1. The molecule has 2 heterocycles. The number of carbonyl (C=O) groups is 1. The van der Waals surface area contributed by atoms with Gasteiger partial charge in [-0.3, -0.25) is 9.36 Å². The van der Waals surface area contributed by atoms with E-state index in [0.717, 1.165) is 0 Å². The molecule has 10 heteroatoms. The molecule has 0 fully saturated rings. The highest BCUT2D eigenvalue weighted by atomic mass is 35.5. The maximum absolute atomic E-state index is 12.7. The summed E-state index contributed by atoms with van der Waals surface area (Å²) in [5.74, 6) is -0.0940. The smallest absolute Gasteiger partial charge is 0.419 e. The highest BCUT2D eigenvalue weighted by molar-refractivity contribution is 7.09. The molecule has 0 atom stereocenters. The molecule has 166 valence electrons. The number of hydrogen-bond acceptors (Lipinski definition) is 7. The lowest BCUT2D eigenvalue weighted by Crippen LogP contribution is -2.23. The van der Waals surface area contributed by atoms with Gasteiger partial charge >= 0.3 is 5.76 Å². The first-order valence-electron chi connectivity index (χ1n) is 9.81. The Labute approximate surface area is 193 Å². The standard InChI is InChI=1S/C22H21ClN4O4S/c1-26(2)9-10-27-18-11-15(5-8-19(18)31-22(27)29)24-21(28)17-13-32-20(25-17)12-30-16-6-3-14(23)4-7-16/h3-8,11,13H,9-10,12H2,1-2H3,(H,24,28). The third-order valence-electron chi connectivity index (χ3n) is 4.66. The molecule has 1 amide bonds. The van der Waals surface area contributed by atoms with Gasteiger partial charge in [-0.05, 0) is 56.6 Å². The second-order valence-corrected chi connectivity index (χ2v) is 8.71. The van der Waals surface area contributed by atoms with Crippen molar-refractivity contribution in [3.8, 4) is 5.75 Å². The van der Waals surface area contributed by atoms with Crippen molar-refractivity contribution >= 4 is 45.6 Å². The number of anilines is 1. The van der Waals surface area contributed by atoms with Crippen molar-refractivity contribution in [2.75, 3.05) is 26.0 Å². The quantitative estimate of drug-likeness (QED) is 0.415. The van der Waals surface area contributed by atoms with Crippen molar-refractivity contribution in [1.29, 1.82) is 0 Å². The molecule has 4 rings (SSSR count). The molecule has 0 aliphatic heterocycles. The zero-order valence-electron chi connectivity index (χ0n) is 17.5. The van der Waals surface area contributed by atoms with Crippen molar-refractivity contribution < 1.29 is 13.9 Å². The highest BCUT2D eigenvalue weighted by Gasteiger charge is 2.14. The summed E-state index contributed by atoms with van der Waals surface area (Å²) in [6.07, 6.45) is 0. The summed E-state index contributed by atoms with van der Waals surface area (Å²) in [6.45, 7) is 1.42. The van der Waals surface area contributed by atoms with Crippen molar-refractivity contribution in [1.82, 2.24) is 14.5 Å². The van der Waals surface area contributed by atoms with E-state index in [4.69, 9.17) is 20.8 Å². The number of likely N-dealkylation sites (N-methyl/N-ethyl adjacent to an activating group) is 1. The van der Waals surface area contributed by atoms with Crippen LogP contribution in [0.25, 0.3) is 11.1 Å². The molecule has 0 spiro atoms. The van der Waals surface area contributed by atoms with E-state index in [1.54, 1.807) is 52.4 Å². The Balaban J connectivity index is 1.44. The topological polar surface area (TPSA) is 89.6 Å². The van der Waals surface area contributed by atoms with Gasteiger partial charge in [-0.25, -0.2) is 9.78 Å². The Morgan fingerprint density at radius 2 is 2.03 bits per heavy atom. The molecular formula is C22H21ClN4O4S. The SMILES string of the molecule is CN(C)CCn1c(=O)oc2ccc(NC(=O)c3csc(COc4ccc(Cl)cc4)n3)cc21. The minimum Gasteiger partial charge on any atom is -0.486 e. The van der Waals surface area contributed by atoms with E-state index < -0.39 is 5.76 Å². The van der Waals surface area contributed by atoms with Gasteiger partial charge in [0, 0.05) is 29.2 Å². The third kappa shape index (κ3) is 5.18. The zero-order valence-corrected chi connectivity index (χ0v) is 19.1. The summed E-state index contributed by atoms with van der Waals surface area (Å²) in [7, 11) is 3.86. The second-order valence-electron chi connectivity index (χ2n) is 7.33. The highest BCUT2D eigenvalue weighted by Crippen LogP contribution is 2.21. The minimum atomic E-state index is -0.421. The number of ether oxygens (including phenoxy) is 1. The first-order chi connectivity index (χ1) is 15.4. The van der Waals surface area contributed by atoms with Gasteiger partial charge in [-0.2, -0.15) is 0 Å². The minimum absolute atomic E-state index is 0.249. The van der Waals surface area contributed by atoms with Crippen LogP contribution >= 0.6 is 22.9 Å². The number of oxazole rings is 1. The summed E-state index contributed by atoms with van der Waals surface area (Å²) in [5, 5.41) is 5.81. The number of nitrogens with one attached hydrogen (secondary N) is 1. The predicted molar refractivity (Wildman–Crippen MR) is 125 cm³/mol. The fraction of sp³-hybridized carbons (Fsp3) is 0.227. The molecule has 0 aliphatic carbocycles. The number of aromatic nitrogens is 2. The van der Waals surface area contributed by atoms with E-state index >= 15 is 0 Å². The number of benzene rings is 2. The molecule has 0 bridgehead atoms. The maximum atomic E-state index is 12.7. The molecule has 0 radical (unpaired) electrons. The van der Waals surface area contributed by atoms with Crippen LogP contribution < -0.4 is 15.8 Å². The Bertz CT molecular complexity index is 1290. The van der Waals surface area contributed by atoms with E-state index in [-0.39, 0.29) is 12.5 Å². The van der Waals surface area contributed by atoms with E-state index in [0.29, 0.717) is 51.4 Å². The van der Waals surface area contributed by atoms with Gasteiger partial charge in [-0.15, -0.1) is 11.3 Å². The predicted octanol–water partition coefficient (Wildman–Crippen LogP) is 4.10. The van der Waals surface area contributed by atoms with Gasteiger partial charge in [0.15, 0.2) is 5.58 Å². The van der Waals surface area contributed by atoms with Crippen LogP contribution in [-0.2, 0) is 13.2 Å². The summed E-state index contributed by atoms with van der Waals surface area (Å²) >= 11 is 7.21. The van der Waals surface area contributed by atoms with Crippen LogP contribution in [0.3, 0.4) is 0 Å². The molecule has 2 aromatic carbocycles. The number of rotatable bonds is 8. The zero-order chi connectivity index (χ0) is 22.7. The number of nitrogens with zero attached hydrogens (tertiary/aromatic N) is 3. The molecule has 4 aromatic rings.